The zero-order valence-corrected chi connectivity index (χ0v) is 13.1. The van der Waals surface area contributed by atoms with Crippen molar-refractivity contribution in [2.45, 2.75) is 0 Å². The van der Waals surface area contributed by atoms with E-state index in [1.165, 1.54) is 12.1 Å². The molecule has 2 aromatic carbocycles. The largest absolute Gasteiger partial charge is 0.478 e. The lowest BCUT2D eigenvalue weighted by Gasteiger charge is -2.07. The lowest BCUT2D eigenvalue weighted by Crippen LogP contribution is -2.12. The van der Waals surface area contributed by atoms with Crippen molar-refractivity contribution in [1.82, 2.24) is 0 Å². The third-order valence-corrected chi connectivity index (χ3v) is 3.37. The molecule has 0 aliphatic carbocycles. The Hall–Kier alpha value is -2.15. The van der Waals surface area contributed by atoms with Crippen molar-refractivity contribution >= 4 is 46.2 Å². The number of hydrogen-bond donors (Lipinski definition) is 2. The number of carbonyl (C=O) groups is 2. The molecule has 5 heteroatoms. The molecular weight excluding hydrogens is 381 g/mol. The van der Waals surface area contributed by atoms with Crippen LogP contribution in [0.15, 0.2) is 54.6 Å². The molecule has 0 unspecified atom stereocenters. The smallest absolute Gasteiger partial charge is 0.337 e. The summed E-state index contributed by atoms with van der Waals surface area (Å²) in [5.41, 5.74) is 1.25. The summed E-state index contributed by atoms with van der Waals surface area (Å²) in [5.74, 6) is -1.45. The van der Waals surface area contributed by atoms with Gasteiger partial charge in [0.15, 0.2) is 0 Å². The highest BCUT2D eigenvalue weighted by molar-refractivity contribution is 14.1. The SMILES string of the molecule is O=C(/C=C/c1ccccc1)Nc1ccc(I)cc1C(=O)O. The maximum Gasteiger partial charge on any atom is 0.337 e. The summed E-state index contributed by atoms with van der Waals surface area (Å²) in [4.78, 5) is 23.0. The van der Waals surface area contributed by atoms with E-state index >= 15 is 0 Å². The van der Waals surface area contributed by atoms with Crippen LogP contribution in [0.25, 0.3) is 6.08 Å². The molecular formula is C16H12INO3. The van der Waals surface area contributed by atoms with E-state index in [1.54, 1.807) is 18.2 Å². The molecule has 0 saturated carbocycles. The molecule has 0 aliphatic heterocycles. The zero-order chi connectivity index (χ0) is 15.2. The normalized spacial score (nSPS) is 10.5. The van der Waals surface area contributed by atoms with Crippen LogP contribution in [0.3, 0.4) is 0 Å². The zero-order valence-electron chi connectivity index (χ0n) is 10.9. The number of rotatable bonds is 4. The fourth-order valence-electron chi connectivity index (χ4n) is 1.71. The van der Waals surface area contributed by atoms with Crippen LogP contribution >= 0.6 is 22.6 Å². The number of hydrogen-bond acceptors (Lipinski definition) is 2. The first-order chi connectivity index (χ1) is 10.1. The Kier molecular flexibility index (Phi) is 5.10. The van der Waals surface area contributed by atoms with Gasteiger partial charge in [-0.25, -0.2) is 4.79 Å². The van der Waals surface area contributed by atoms with E-state index in [-0.39, 0.29) is 17.2 Å². The van der Waals surface area contributed by atoms with Gasteiger partial charge in [-0.2, -0.15) is 0 Å². The average Bonchev–Trinajstić information content (AvgIpc) is 2.48. The van der Waals surface area contributed by atoms with Gasteiger partial charge in [-0.05, 0) is 52.4 Å². The fraction of sp³-hybridized carbons (Fsp3) is 0. The average molecular weight is 393 g/mol. The summed E-state index contributed by atoms with van der Waals surface area (Å²) in [5, 5.41) is 11.7. The number of aromatic carboxylic acids is 1. The van der Waals surface area contributed by atoms with Gasteiger partial charge >= 0.3 is 5.97 Å². The Labute approximate surface area is 135 Å². The fourth-order valence-corrected chi connectivity index (χ4v) is 2.20. The van der Waals surface area contributed by atoms with E-state index in [4.69, 9.17) is 5.11 Å². The number of halogens is 1. The number of carboxylic acids is 1. The second kappa shape index (κ2) is 7.03. The second-order valence-electron chi connectivity index (χ2n) is 4.23. The number of carboxylic acid groups (broad SMARTS) is 1. The van der Waals surface area contributed by atoms with Crippen molar-refractivity contribution in [1.29, 1.82) is 0 Å². The van der Waals surface area contributed by atoms with Gasteiger partial charge in [0.05, 0.1) is 11.3 Å². The minimum absolute atomic E-state index is 0.0726. The summed E-state index contributed by atoms with van der Waals surface area (Å²) < 4.78 is 0.794. The second-order valence-corrected chi connectivity index (χ2v) is 5.47. The van der Waals surface area contributed by atoms with E-state index in [2.05, 4.69) is 5.32 Å². The molecule has 1 amide bonds. The van der Waals surface area contributed by atoms with Crippen LogP contribution in [0.1, 0.15) is 15.9 Å². The third kappa shape index (κ3) is 4.42. The van der Waals surface area contributed by atoms with Crippen LogP contribution in [0.4, 0.5) is 5.69 Å². The first-order valence-corrected chi connectivity index (χ1v) is 7.21. The van der Waals surface area contributed by atoms with Crippen molar-refractivity contribution in [3.8, 4) is 0 Å². The Bertz CT molecular complexity index is 696. The van der Waals surface area contributed by atoms with E-state index in [0.29, 0.717) is 0 Å². The van der Waals surface area contributed by atoms with Gasteiger partial charge in [0.2, 0.25) is 5.91 Å². The number of carbonyl (C=O) groups excluding carboxylic acids is 1. The molecule has 0 bridgehead atoms. The summed E-state index contributed by atoms with van der Waals surface area (Å²) in [7, 11) is 0. The monoisotopic (exact) mass is 393 g/mol. The van der Waals surface area contributed by atoms with E-state index in [9.17, 15) is 9.59 Å². The minimum Gasteiger partial charge on any atom is -0.478 e. The molecule has 0 radical (unpaired) electrons. The van der Waals surface area contributed by atoms with Crippen molar-refractivity contribution in [3.05, 3.63) is 69.3 Å². The molecule has 0 aromatic heterocycles. The molecule has 0 heterocycles. The van der Waals surface area contributed by atoms with Crippen molar-refractivity contribution in [3.63, 3.8) is 0 Å². The molecule has 0 fully saturated rings. The summed E-state index contributed by atoms with van der Waals surface area (Å²) in [6.07, 6.45) is 3.04. The predicted molar refractivity (Wildman–Crippen MR) is 90.2 cm³/mol. The Morgan fingerprint density at radius 1 is 1.10 bits per heavy atom. The van der Waals surface area contributed by atoms with Crippen LogP contribution in [0.2, 0.25) is 0 Å². The standard InChI is InChI=1S/C16H12INO3/c17-12-7-8-14(13(10-12)16(20)21)18-15(19)9-6-11-4-2-1-3-5-11/h1-10H,(H,18,19)(H,20,21)/b9-6+. The quantitative estimate of drug-likeness (QED) is 0.616. The minimum atomic E-state index is -1.07. The Morgan fingerprint density at radius 2 is 1.81 bits per heavy atom. The molecule has 4 nitrogen and oxygen atoms in total. The molecule has 2 rings (SSSR count). The van der Waals surface area contributed by atoms with Gasteiger partial charge in [-0.1, -0.05) is 30.3 Å². The molecule has 0 atom stereocenters. The van der Waals surface area contributed by atoms with Gasteiger partial charge in [-0.3, -0.25) is 4.79 Å². The summed E-state index contributed by atoms with van der Waals surface area (Å²) in [6.45, 7) is 0. The maximum atomic E-state index is 11.9. The Balaban J connectivity index is 2.13. The molecule has 0 aliphatic rings. The van der Waals surface area contributed by atoms with Crippen molar-refractivity contribution in [2.75, 3.05) is 5.32 Å². The van der Waals surface area contributed by atoms with Crippen LogP contribution in [-0.4, -0.2) is 17.0 Å². The number of benzene rings is 2. The van der Waals surface area contributed by atoms with Crippen LogP contribution in [-0.2, 0) is 4.79 Å². The highest BCUT2D eigenvalue weighted by atomic mass is 127. The van der Waals surface area contributed by atoms with Gasteiger partial charge in [0, 0.05) is 9.65 Å². The van der Waals surface area contributed by atoms with Gasteiger partial charge < -0.3 is 10.4 Å². The topological polar surface area (TPSA) is 66.4 Å². The molecule has 2 aromatic rings. The lowest BCUT2D eigenvalue weighted by atomic mass is 10.1. The summed E-state index contributed by atoms with van der Waals surface area (Å²) >= 11 is 2.02. The summed E-state index contributed by atoms with van der Waals surface area (Å²) in [6, 6.07) is 14.2. The van der Waals surface area contributed by atoms with E-state index in [1.807, 2.05) is 52.9 Å². The highest BCUT2D eigenvalue weighted by Crippen LogP contribution is 2.19. The number of nitrogens with one attached hydrogen (secondary N) is 1. The predicted octanol–water partition coefficient (Wildman–Crippen LogP) is 3.64. The highest BCUT2D eigenvalue weighted by Gasteiger charge is 2.11. The maximum absolute atomic E-state index is 11.9. The van der Waals surface area contributed by atoms with Crippen molar-refractivity contribution < 1.29 is 14.7 Å². The van der Waals surface area contributed by atoms with E-state index < -0.39 is 5.97 Å². The third-order valence-electron chi connectivity index (χ3n) is 2.70. The van der Waals surface area contributed by atoms with Crippen LogP contribution < -0.4 is 5.32 Å². The van der Waals surface area contributed by atoms with Gasteiger partial charge in [0.1, 0.15) is 0 Å². The molecule has 2 N–H and O–H groups in total. The van der Waals surface area contributed by atoms with Crippen molar-refractivity contribution in [2.24, 2.45) is 0 Å². The number of amides is 1. The molecule has 106 valence electrons. The van der Waals surface area contributed by atoms with Crippen LogP contribution in [0.5, 0.6) is 0 Å². The molecule has 21 heavy (non-hydrogen) atoms. The van der Waals surface area contributed by atoms with Gasteiger partial charge in [-0.15, -0.1) is 0 Å². The number of anilines is 1. The van der Waals surface area contributed by atoms with Crippen LogP contribution in [0, 0.1) is 3.57 Å². The van der Waals surface area contributed by atoms with Gasteiger partial charge in [0.25, 0.3) is 0 Å². The Morgan fingerprint density at radius 3 is 2.48 bits per heavy atom. The first-order valence-electron chi connectivity index (χ1n) is 6.13. The molecule has 0 spiro atoms. The van der Waals surface area contributed by atoms with E-state index in [0.717, 1.165) is 9.13 Å². The molecule has 0 saturated heterocycles. The lowest BCUT2D eigenvalue weighted by molar-refractivity contribution is -0.111. The first kappa shape index (κ1) is 15.2.